The number of nitrogens with one attached hydrogen (secondary N) is 2. The van der Waals surface area contributed by atoms with Crippen molar-refractivity contribution in [3.05, 3.63) is 34.1 Å². The van der Waals surface area contributed by atoms with E-state index in [9.17, 15) is 4.79 Å². The molecule has 1 aromatic heterocycles. The van der Waals surface area contributed by atoms with Crippen molar-refractivity contribution < 1.29 is 14.3 Å². The number of aromatic nitrogens is 3. The molecule has 1 unspecified atom stereocenters. The van der Waals surface area contributed by atoms with E-state index in [-0.39, 0.29) is 18.6 Å². The van der Waals surface area contributed by atoms with Gasteiger partial charge in [-0.3, -0.25) is 14.5 Å². The predicted octanol–water partition coefficient (Wildman–Crippen LogP) is 2.96. The minimum absolute atomic E-state index is 0.101. The minimum atomic E-state index is -0.123. The van der Waals surface area contributed by atoms with Crippen molar-refractivity contribution in [3.63, 3.8) is 0 Å². The predicted molar refractivity (Wildman–Crippen MR) is 105 cm³/mol. The number of halogens is 1. The molecule has 0 bridgehead atoms. The summed E-state index contributed by atoms with van der Waals surface area (Å²) in [6.45, 7) is 2.71. The fourth-order valence-electron chi connectivity index (χ4n) is 2.88. The van der Waals surface area contributed by atoms with Gasteiger partial charge in [-0.1, -0.05) is 11.6 Å². The summed E-state index contributed by atoms with van der Waals surface area (Å²) in [7, 11) is 0. The van der Waals surface area contributed by atoms with Crippen LogP contribution in [0.1, 0.15) is 19.3 Å². The van der Waals surface area contributed by atoms with Gasteiger partial charge in [0.15, 0.2) is 10.6 Å². The number of aromatic amines is 1. The summed E-state index contributed by atoms with van der Waals surface area (Å²) in [4.78, 5) is 12.2. The summed E-state index contributed by atoms with van der Waals surface area (Å²) in [5, 5.41) is 10.5. The van der Waals surface area contributed by atoms with Gasteiger partial charge in [0, 0.05) is 30.3 Å². The first-order chi connectivity index (χ1) is 13.1. The number of carbonyl (C=O) groups is 1. The van der Waals surface area contributed by atoms with Gasteiger partial charge in [0.2, 0.25) is 5.91 Å². The van der Waals surface area contributed by atoms with Crippen LogP contribution < -0.4 is 5.32 Å². The molecule has 27 heavy (non-hydrogen) atoms. The zero-order valence-corrected chi connectivity index (χ0v) is 16.5. The summed E-state index contributed by atoms with van der Waals surface area (Å²) >= 11 is 11.2. The fraction of sp³-hybridized carbons (Fsp3) is 0.500. The van der Waals surface area contributed by atoms with Crippen LogP contribution in [0.2, 0.25) is 5.02 Å². The molecule has 2 N–H and O–H groups in total. The van der Waals surface area contributed by atoms with Crippen LogP contribution in [0.25, 0.3) is 11.4 Å². The van der Waals surface area contributed by atoms with Gasteiger partial charge < -0.3 is 14.8 Å². The molecule has 1 atom stereocenters. The molecule has 0 spiro atoms. The second kappa shape index (κ2) is 9.98. The number of H-pyrrole nitrogens is 1. The number of amides is 1. The monoisotopic (exact) mass is 410 g/mol. The second-order valence-electron chi connectivity index (χ2n) is 6.36. The first kappa shape index (κ1) is 20.0. The van der Waals surface area contributed by atoms with Crippen LogP contribution in [0.3, 0.4) is 0 Å². The van der Waals surface area contributed by atoms with Gasteiger partial charge in [0.25, 0.3) is 0 Å². The topological polar surface area (TPSA) is 81.2 Å². The van der Waals surface area contributed by atoms with Crippen LogP contribution >= 0.6 is 23.8 Å². The van der Waals surface area contributed by atoms with E-state index in [1.54, 1.807) is 16.7 Å². The third kappa shape index (κ3) is 5.87. The summed E-state index contributed by atoms with van der Waals surface area (Å²) < 4.78 is 13.2. The van der Waals surface area contributed by atoms with Gasteiger partial charge in [0.1, 0.15) is 6.54 Å². The van der Waals surface area contributed by atoms with Crippen LogP contribution in [-0.4, -0.2) is 53.1 Å². The van der Waals surface area contributed by atoms with Crippen molar-refractivity contribution in [1.82, 2.24) is 20.1 Å². The Morgan fingerprint density at radius 2 is 2.26 bits per heavy atom. The summed E-state index contributed by atoms with van der Waals surface area (Å²) in [6.07, 6.45) is 3.16. The van der Waals surface area contributed by atoms with Gasteiger partial charge in [0.05, 0.1) is 12.7 Å². The molecule has 2 aromatic rings. The lowest BCUT2D eigenvalue weighted by Crippen LogP contribution is -2.29. The highest BCUT2D eigenvalue weighted by Gasteiger charge is 2.15. The molecule has 1 aromatic carbocycles. The Morgan fingerprint density at radius 3 is 3.00 bits per heavy atom. The Kier molecular flexibility index (Phi) is 7.40. The molecule has 9 heteroatoms. The van der Waals surface area contributed by atoms with Gasteiger partial charge in [-0.15, -0.1) is 0 Å². The number of nitrogens with zero attached hydrogens (tertiary/aromatic N) is 2. The van der Waals surface area contributed by atoms with E-state index < -0.39 is 0 Å². The van der Waals surface area contributed by atoms with Crippen molar-refractivity contribution in [1.29, 1.82) is 0 Å². The Bertz CT molecular complexity index is 800. The number of ether oxygens (including phenoxy) is 2. The molecular weight excluding hydrogens is 388 g/mol. The molecule has 3 rings (SSSR count). The maximum absolute atomic E-state index is 12.2. The first-order valence-corrected chi connectivity index (χ1v) is 9.79. The zero-order valence-electron chi connectivity index (χ0n) is 14.9. The normalized spacial score (nSPS) is 16.6. The third-order valence-corrected chi connectivity index (χ3v) is 4.84. The van der Waals surface area contributed by atoms with Gasteiger partial charge in [-0.2, -0.15) is 5.10 Å². The number of carbonyl (C=O) groups excluding carboxylic acids is 1. The van der Waals surface area contributed by atoms with E-state index in [1.165, 1.54) is 0 Å². The number of benzene rings is 1. The standard InChI is InChI=1S/C18H23ClN4O3S/c19-14-6-4-13(5-7-14)17-21-22-18(27)23(17)11-16(24)20-8-2-9-25-12-15-3-1-10-26-15/h4-7,15H,1-3,8-12H2,(H,20,24)(H,22,27). The molecule has 7 nitrogen and oxygen atoms in total. The highest BCUT2D eigenvalue weighted by atomic mass is 35.5. The Morgan fingerprint density at radius 1 is 1.44 bits per heavy atom. The lowest BCUT2D eigenvalue weighted by atomic mass is 10.2. The maximum Gasteiger partial charge on any atom is 0.240 e. The van der Waals surface area contributed by atoms with Crippen molar-refractivity contribution in [3.8, 4) is 11.4 Å². The van der Waals surface area contributed by atoms with Crippen molar-refractivity contribution in [2.24, 2.45) is 0 Å². The summed E-state index contributed by atoms with van der Waals surface area (Å²) in [5.41, 5.74) is 0.835. The third-order valence-electron chi connectivity index (χ3n) is 4.28. The maximum atomic E-state index is 12.2. The molecule has 0 saturated carbocycles. The lowest BCUT2D eigenvalue weighted by molar-refractivity contribution is -0.121. The molecule has 1 aliphatic rings. The van der Waals surface area contributed by atoms with E-state index in [1.807, 2.05) is 12.1 Å². The van der Waals surface area contributed by atoms with E-state index in [0.29, 0.717) is 35.4 Å². The van der Waals surface area contributed by atoms with E-state index >= 15 is 0 Å². The molecule has 1 fully saturated rings. The second-order valence-corrected chi connectivity index (χ2v) is 7.18. The van der Waals surface area contributed by atoms with E-state index in [2.05, 4.69) is 15.5 Å². The first-order valence-electron chi connectivity index (χ1n) is 9.00. The smallest absolute Gasteiger partial charge is 0.240 e. The van der Waals surface area contributed by atoms with Crippen molar-refractivity contribution in [2.75, 3.05) is 26.4 Å². The highest BCUT2D eigenvalue weighted by Crippen LogP contribution is 2.19. The summed E-state index contributed by atoms with van der Waals surface area (Å²) in [5.74, 6) is 0.480. The van der Waals surface area contributed by atoms with Crippen LogP contribution in [0, 0.1) is 4.77 Å². The van der Waals surface area contributed by atoms with Crippen LogP contribution in [0.5, 0.6) is 0 Å². The SMILES string of the molecule is O=C(Cn1c(-c2ccc(Cl)cc2)n[nH]c1=S)NCCCOCC1CCCO1. The fourth-order valence-corrected chi connectivity index (χ4v) is 3.20. The molecule has 1 saturated heterocycles. The molecule has 0 aliphatic carbocycles. The van der Waals surface area contributed by atoms with Crippen LogP contribution in [-0.2, 0) is 20.8 Å². The van der Waals surface area contributed by atoms with Crippen molar-refractivity contribution >= 4 is 29.7 Å². The average molecular weight is 411 g/mol. The molecular formula is C18H23ClN4O3S. The van der Waals surface area contributed by atoms with E-state index in [0.717, 1.165) is 31.4 Å². The van der Waals surface area contributed by atoms with Crippen LogP contribution in [0.4, 0.5) is 0 Å². The summed E-state index contributed by atoms with van der Waals surface area (Å²) in [6, 6.07) is 7.23. The van der Waals surface area contributed by atoms with Gasteiger partial charge in [-0.25, -0.2) is 0 Å². The van der Waals surface area contributed by atoms with Gasteiger partial charge >= 0.3 is 0 Å². The zero-order chi connectivity index (χ0) is 19.1. The molecule has 146 valence electrons. The number of hydrogen-bond donors (Lipinski definition) is 2. The van der Waals surface area contributed by atoms with Crippen molar-refractivity contribution in [2.45, 2.75) is 31.9 Å². The lowest BCUT2D eigenvalue weighted by Gasteiger charge is -2.11. The Labute approximate surface area is 168 Å². The Balaban J connectivity index is 1.43. The minimum Gasteiger partial charge on any atom is -0.379 e. The number of hydrogen-bond acceptors (Lipinski definition) is 5. The van der Waals surface area contributed by atoms with Gasteiger partial charge in [-0.05, 0) is 55.7 Å². The molecule has 2 heterocycles. The van der Waals surface area contributed by atoms with E-state index in [4.69, 9.17) is 33.3 Å². The quantitative estimate of drug-likeness (QED) is 0.490. The molecule has 1 amide bonds. The number of rotatable bonds is 9. The molecule has 1 aliphatic heterocycles. The molecule has 0 radical (unpaired) electrons. The largest absolute Gasteiger partial charge is 0.379 e. The van der Waals surface area contributed by atoms with Crippen LogP contribution in [0.15, 0.2) is 24.3 Å². The highest BCUT2D eigenvalue weighted by molar-refractivity contribution is 7.71. The average Bonchev–Trinajstić information content (AvgIpc) is 3.30. The Hall–Kier alpha value is -1.74.